The van der Waals surface area contributed by atoms with Gasteiger partial charge in [-0.3, -0.25) is 0 Å². The van der Waals surface area contributed by atoms with Crippen LogP contribution >= 0.6 is 0 Å². The van der Waals surface area contributed by atoms with E-state index in [9.17, 15) is 15.2 Å². The molecule has 0 aliphatic heterocycles. The number of nitrogens with zero attached hydrogens (tertiary/aromatic N) is 1. The number of aromatic carboxylic acids is 1. The number of benzene rings is 1. The Labute approximate surface area is 130 Å². The molecule has 0 bridgehead atoms. The van der Waals surface area contributed by atoms with Crippen molar-refractivity contribution < 1.29 is 14.6 Å². The average Bonchev–Trinajstić information content (AvgIpc) is 3.29. The zero-order valence-electron chi connectivity index (χ0n) is 13.0. The maximum atomic E-state index is 11.3. The first-order chi connectivity index (χ1) is 10.4. The summed E-state index contributed by atoms with van der Waals surface area (Å²) in [4.78, 5) is 11.3. The Morgan fingerprint density at radius 2 is 2.05 bits per heavy atom. The Morgan fingerprint density at radius 3 is 2.50 bits per heavy atom. The van der Waals surface area contributed by atoms with Gasteiger partial charge in [-0.25, -0.2) is 4.79 Å². The van der Waals surface area contributed by atoms with Gasteiger partial charge >= 0.3 is 5.97 Å². The number of hydrogen-bond acceptors (Lipinski definition) is 3. The summed E-state index contributed by atoms with van der Waals surface area (Å²) in [6, 6.07) is 8.96. The number of methoxy groups -OCH3 is 1. The summed E-state index contributed by atoms with van der Waals surface area (Å²) in [6.45, 7) is 3.94. The molecule has 1 saturated carbocycles. The third-order valence-electron chi connectivity index (χ3n) is 4.35. The van der Waals surface area contributed by atoms with Gasteiger partial charge in [-0.1, -0.05) is 37.8 Å². The van der Waals surface area contributed by atoms with Gasteiger partial charge in [0.15, 0.2) is 0 Å². The molecule has 1 aromatic rings. The maximum Gasteiger partial charge on any atom is 0.336 e. The molecule has 1 aliphatic rings. The van der Waals surface area contributed by atoms with Gasteiger partial charge in [0.05, 0.1) is 17.0 Å². The van der Waals surface area contributed by atoms with Crippen LogP contribution < -0.4 is 0 Å². The number of carboxylic acids is 1. The van der Waals surface area contributed by atoms with E-state index in [0.29, 0.717) is 5.56 Å². The van der Waals surface area contributed by atoms with Crippen LogP contribution in [0.4, 0.5) is 0 Å². The van der Waals surface area contributed by atoms with Crippen molar-refractivity contribution in [2.45, 2.75) is 32.3 Å². The molecular weight excluding hydrogens is 278 g/mol. The minimum Gasteiger partial charge on any atom is -0.478 e. The molecule has 0 unspecified atom stereocenters. The second kappa shape index (κ2) is 5.83. The molecule has 0 heterocycles. The second-order valence-electron chi connectivity index (χ2n) is 5.89. The van der Waals surface area contributed by atoms with Crippen LogP contribution in [0.1, 0.15) is 42.6 Å². The van der Waals surface area contributed by atoms with Crippen LogP contribution in [0.2, 0.25) is 0 Å². The molecule has 4 nitrogen and oxygen atoms in total. The van der Waals surface area contributed by atoms with E-state index in [1.54, 1.807) is 25.3 Å². The standard InChI is InChI=1S/C18H19NO3/c1-13(2)18(22-3,17(12-19)10-11-17)9-8-14-6-4-5-7-15(14)16(20)21/h4-7,13H,10-11H2,1-3H3,(H,20,21)/t18-/m1/s1. The number of nitriles is 1. The van der Waals surface area contributed by atoms with E-state index in [1.165, 1.54) is 6.07 Å². The first-order valence-corrected chi connectivity index (χ1v) is 7.24. The summed E-state index contributed by atoms with van der Waals surface area (Å²) in [5.74, 6) is 5.03. The minimum absolute atomic E-state index is 0.0177. The van der Waals surface area contributed by atoms with Crippen LogP contribution in [0.5, 0.6) is 0 Å². The van der Waals surface area contributed by atoms with Crippen LogP contribution in [-0.4, -0.2) is 23.8 Å². The summed E-state index contributed by atoms with van der Waals surface area (Å²) in [7, 11) is 1.56. The van der Waals surface area contributed by atoms with E-state index in [1.807, 2.05) is 13.8 Å². The van der Waals surface area contributed by atoms with Gasteiger partial charge < -0.3 is 9.84 Å². The van der Waals surface area contributed by atoms with Gasteiger partial charge in [-0.05, 0) is 30.9 Å². The van der Waals surface area contributed by atoms with Crippen molar-refractivity contribution in [1.29, 1.82) is 5.26 Å². The highest BCUT2D eigenvalue weighted by Gasteiger charge is 2.62. The van der Waals surface area contributed by atoms with Gasteiger partial charge in [0, 0.05) is 12.7 Å². The van der Waals surface area contributed by atoms with Gasteiger partial charge in [-0.15, -0.1) is 0 Å². The Bertz CT molecular complexity index is 686. The van der Waals surface area contributed by atoms with E-state index in [0.717, 1.165) is 12.8 Å². The summed E-state index contributed by atoms with van der Waals surface area (Å²) in [6.07, 6.45) is 1.51. The van der Waals surface area contributed by atoms with Crippen LogP contribution in [0.25, 0.3) is 0 Å². The predicted octanol–water partition coefficient (Wildman–Crippen LogP) is 3.08. The summed E-state index contributed by atoms with van der Waals surface area (Å²) in [5, 5.41) is 18.7. The normalized spacial score (nSPS) is 17.8. The van der Waals surface area contributed by atoms with Crippen LogP contribution in [0.15, 0.2) is 24.3 Å². The molecular formula is C18H19NO3. The molecule has 1 aromatic carbocycles. The molecule has 2 rings (SSSR count). The largest absolute Gasteiger partial charge is 0.478 e. The molecule has 1 fully saturated rings. The molecule has 0 spiro atoms. The highest BCUT2D eigenvalue weighted by molar-refractivity contribution is 5.90. The van der Waals surface area contributed by atoms with Crippen molar-refractivity contribution in [3.63, 3.8) is 0 Å². The SMILES string of the molecule is CO[C@](C#Cc1ccccc1C(=O)O)(C(C)C)C1(C#N)CC1. The van der Waals surface area contributed by atoms with E-state index < -0.39 is 17.0 Å². The fraction of sp³-hybridized carbons (Fsp3) is 0.444. The number of ether oxygens (including phenoxy) is 1. The van der Waals surface area contributed by atoms with Crippen LogP contribution in [0.3, 0.4) is 0 Å². The molecule has 0 saturated heterocycles. The van der Waals surface area contributed by atoms with E-state index in [4.69, 9.17) is 4.74 Å². The molecule has 0 radical (unpaired) electrons. The van der Waals surface area contributed by atoms with Gasteiger partial charge in [0.1, 0.15) is 5.60 Å². The third-order valence-corrected chi connectivity index (χ3v) is 4.35. The van der Waals surface area contributed by atoms with Gasteiger partial charge in [-0.2, -0.15) is 5.26 Å². The topological polar surface area (TPSA) is 70.3 Å². The monoisotopic (exact) mass is 297 g/mol. The summed E-state index contributed by atoms with van der Waals surface area (Å²) >= 11 is 0. The molecule has 114 valence electrons. The van der Waals surface area contributed by atoms with Gasteiger partial charge in [0.25, 0.3) is 0 Å². The smallest absolute Gasteiger partial charge is 0.336 e. The van der Waals surface area contributed by atoms with Crippen LogP contribution in [-0.2, 0) is 4.74 Å². The number of carbonyl (C=O) groups is 1. The molecule has 0 aromatic heterocycles. The van der Waals surface area contributed by atoms with E-state index in [-0.39, 0.29) is 11.5 Å². The molecule has 1 atom stereocenters. The lowest BCUT2D eigenvalue weighted by Gasteiger charge is -2.35. The van der Waals surface area contributed by atoms with Crippen molar-refractivity contribution in [3.8, 4) is 17.9 Å². The summed E-state index contributed by atoms with van der Waals surface area (Å²) < 4.78 is 5.70. The quantitative estimate of drug-likeness (QED) is 0.867. The molecule has 22 heavy (non-hydrogen) atoms. The van der Waals surface area contributed by atoms with E-state index >= 15 is 0 Å². The lowest BCUT2D eigenvalue weighted by molar-refractivity contribution is -0.0379. The van der Waals surface area contributed by atoms with Crippen molar-refractivity contribution in [2.24, 2.45) is 11.3 Å². The zero-order chi connectivity index (χ0) is 16.4. The second-order valence-corrected chi connectivity index (χ2v) is 5.89. The maximum absolute atomic E-state index is 11.3. The Morgan fingerprint density at radius 1 is 1.41 bits per heavy atom. The fourth-order valence-corrected chi connectivity index (χ4v) is 2.93. The number of rotatable bonds is 4. The molecule has 0 amide bonds. The lowest BCUT2D eigenvalue weighted by Crippen LogP contribution is -2.44. The van der Waals surface area contributed by atoms with Crippen molar-refractivity contribution >= 4 is 5.97 Å². The van der Waals surface area contributed by atoms with Crippen molar-refractivity contribution in [2.75, 3.05) is 7.11 Å². The highest BCUT2D eigenvalue weighted by Crippen LogP contribution is 2.57. The average molecular weight is 297 g/mol. The minimum atomic E-state index is -1.01. The predicted molar refractivity (Wildman–Crippen MR) is 82.1 cm³/mol. The number of hydrogen-bond donors (Lipinski definition) is 1. The molecule has 4 heteroatoms. The Balaban J connectivity index is 2.52. The fourth-order valence-electron chi connectivity index (χ4n) is 2.93. The van der Waals surface area contributed by atoms with E-state index in [2.05, 4.69) is 17.9 Å². The zero-order valence-corrected chi connectivity index (χ0v) is 13.0. The van der Waals surface area contributed by atoms with Gasteiger partial charge in [0.2, 0.25) is 0 Å². The Kier molecular flexibility index (Phi) is 4.26. The first-order valence-electron chi connectivity index (χ1n) is 7.24. The molecule has 1 N–H and O–H groups in total. The van der Waals surface area contributed by atoms with Crippen molar-refractivity contribution in [3.05, 3.63) is 35.4 Å². The third kappa shape index (κ3) is 2.47. The first kappa shape index (κ1) is 16.1. The lowest BCUT2D eigenvalue weighted by atomic mass is 9.76. The Hall–Kier alpha value is -2.30. The van der Waals surface area contributed by atoms with Crippen LogP contribution in [0, 0.1) is 34.5 Å². The highest BCUT2D eigenvalue weighted by atomic mass is 16.5. The number of carboxylic acid groups (broad SMARTS) is 1. The molecule has 1 aliphatic carbocycles. The van der Waals surface area contributed by atoms with Crippen molar-refractivity contribution in [1.82, 2.24) is 0 Å². The summed E-state index contributed by atoms with van der Waals surface area (Å²) in [5.41, 5.74) is -0.884.